The van der Waals surface area contributed by atoms with Gasteiger partial charge < -0.3 is 28.8 Å². The third-order valence-corrected chi connectivity index (χ3v) is 16.5. The quantitative estimate of drug-likeness (QED) is 0.0272. The average Bonchev–Trinajstić information content (AvgIpc) is 3.41. The molecule has 0 rings (SSSR count). The second-order valence-corrected chi connectivity index (χ2v) is 25.9. The fourth-order valence-electron chi connectivity index (χ4n) is 10.3. The maximum Gasteiger partial charge on any atom is 0.268 e. The van der Waals surface area contributed by atoms with Crippen LogP contribution < -0.4 is 10.2 Å². The molecule has 3 atom stereocenters. The molecule has 0 radical (unpaired) electrons. The molecule has 3 unspecified atom stereocenters. The number of aliphatic hydroxyl groups is 1. The molecule has 78 heavy (non-hydrogen) atoms. The lowest BCUT2D eigenvalue weighted by molar-refractivity contribution is -0.870. The Morgan fingerprint density at radius 3 is 1.14 bits per heavy atom. The van der Waals surface area contributed by atoms with Gasteiger partial charge in [0.25, 0.3) is 7.82 Å². The summed E-state index contributed by atoms with van der Waals surface area (Å²) in [7, 11) is 1.32. The number of phosphoric ester groups is 1. The third-order valence-electron chi connectivity index (χ3n) is 15.6. The summed E-state index contributed by atoms with van der Waals surface area (Å²) >= 11 is 0. The summed E-state index contributed by atoms with van der Waals surface area (Å²) in [6.07, 6.45) is 80.4. The number of amides is 1. The van der Waals surface area contributed by atoms with Crippen molar-refractivity contribution in [2.75, 3.05) is 40.9 Å². The van der Waals surface area contributed by atoms with E-state index < -0.39 is 20.0 Å². The summed E-state index contributed by atoms with van der Waals surface area (Å²) in [6, 6.07) is -0.800. The zero-order chi connectivity index (χ0) is 57.0. The molecule has 0 spiro atoms. The van der Waals surface area contributed by atoms with Gasteiger partial charge >= 0.3 is 0 Å². The molecule has 1 amide bonds. The van der Waals surface area contributed by atoms with Crippen LogP contribution in [-0.4, -0.2) is 68.5 Å². The zero-order valence-electron chi connectivity index (χ0n) is 52.6. The molecule has 0 saturated carbocycles. The van der Waals surface area contributed by atoms with E-state index in [4.69, 9.17) is 9.05 Å². The summed E-state index contributed by atoms with van der Waals surface area (Å²) in [6.45, 7) is 4.66. The van der Waals surface area contributed by atoms with E-state index >= 15 is 0 Å². The molecular formula is C69H133N2O6P. The summed E-state index contributed by atoms with van der Waals surface area (Å²) in [4.78, 5) is 25.6. The van der Waals surface area contributed by atoms with Crippen LogP contribution in [-0.2, 0) is 18.4 Å². The molecule has 0 aromatic heterocycles. The van der Waals surface area contributed by atoms with Gasteiger partial charge in [0, 0.05) is 6.42 Å². The van der Waals surface area contributed by atoms with Crippen LogP contribution in [0, 0.1) is 0 Å². The van der Waals surface area contributed by atoms with Gasteiger partial charge in [-0.3, -0.25) is 9.36 Å². The van der Waals surface area contributed by atoms with E-state index in [1.807, 2.05) is 21.1 Å². The maximum atomic E-state index is 13.0. The molecule has 0 aliphatic heterocycles. The molecule has 9 heteroatoms. The molecule has 0 bridgehead atoms. The van der Waals surface area contributed by atoms with Gasteiger partial charge in [0.2, 0.25) is 5.91 Å². The molecule has 8 nitrogen and oxygen atoms in total. The number of nitrogens with one attached hydrogen (secondary N) is 1. The van der Waals surface area contributed by atoms with Gasteiger partial charge in [-0.25, -0.2) is 0 Å². The van der Waals surface area contributed by atoms with Crippen LogP contribution in [0.3, 0.4) is 0 Å². The van der Waals surface area contributed by atoms with E-state index in [0.717, 1.165) is 64.2 Å². The normalized spacial score (nSPS) is 14.0. The van der Waals surface area contributed by atoms with Crippen LogP contribution in [0.2, 0.25) is 0 Å². The Kier molecular flexibility index (Phi) is 58.9. The maximum absolute atomic E-state index is 13.0. The number of allylic oxidation sites excluding steroid dienone is 8. The largest absolute Gasteiger partial charge is 0.756 e. The first-order valence-corrected chi connectivity index (χ1v) is 35.4. The Morgan fingerprint density at radius 1 is 0.462 bits per heavy atom. The fourth-order valence-corrected chi connectivity index (χ4v) is 11.1. The number of quaternary nitrogens is 1. The highest BCUT2D eigenvalue weighted by Crippen LogP contribution is 2.38. The number of phosphoric acid groups is 1. The third kappa shape index (κ3) is 62.1. The fraction of sp³-hybridized carbons (Fsp3) is 0.870. The van der Waals surface area contributed by atoms with E-state index in [2.05, 4.69) is 67.8 Å². The Labute approximate surface area is 486 Å². The predicted octanol–water partition coefficient (Wildman–Crippen LogP) is 20.8. The summed E-state index contributed by atoms with van der Waals surface area (Å²) in [5, 5.41) is 14.1. The van der Waals surface area contributed by atoms with Gasteiger partial charge in [0.1, 0.15) is 13.2 Å². The van der Waals surface area contributed by atoms with Crippen molar-refractivity contribution in [3.63, 3.8) is 0 Å². The van der Waals surface area contributed by atoms with Crippen molar-refractivity contribution in [1.82, 2.24) is 5.32 Å². The lowest BCUT2D eigenvalue weighted by atomic mass is 10.0. The van der Waals surface area contributed by atoms with Crippen LogP contribution in [0.5, 0.6) is 0 Å². The number of likely N-dealkylation sites (N-methyl/N-ethyl adjacent to an activating group) is 1. The van der Waals surface area contributed by atoms with E-state index in [1.54, 1.807) is 0 Å². The monoisotopic (exact) mass is 1120 g/mol. The average molecular weight is 1120 g/mol. The Bertz CT molecular complexity index is 1410. The standard InChI is InChI=1S/C69H133N2O6P/c1-6-8-10-12-14-16-18-20-22-24-26-28-29-30-31-32-33-34-35-36-37-38-39-40-41-43-45-47-49-51-53-55-57-59-61-63-69(73)70-67(66-77-78(74,75)76-65-64-71(3,4)5)68(72)62-60-58-56-54-52-50-48-46-44-42-27-25-23-21-19-17-15-13-11-9-7-2/h8,10,14,16,20,22,26,28,67-68,72H,6-7,9,11-13,15,17-19,21,23-25,27,29-66H2,1-5H3,(H-,70,73,74,75)/b10-8-,16-14-,22-20-,28-26-. The molecule has 460 valence electrons. The first kappa shape index (κ1) is 76.5. The molecule has 0 aromatic carbocycles. The molecule has 0 aliphatic rings. The first-order chi connectivity index (χ1) is 38.0. The van der Waals surface area contributed by atoms with Gasteiger partial charge in [0.15, 0.2) is 0 Å². The minimum Gasteiger partial charge on any atom is -0.756 e. The van der Waals surface area contributed by atoms with Crippen molar-refractivity contribution in [3.8, 4) is 0 Å². The Balaban J connectivity index is 3.97. The lowest BCUT2D eigenvalue weighted by Crippen LogP contribution is -2.46. The highest BCUT2D eigenvalue weighted by molar-refractivity contribution is 7.45. The smallest absolute Gasteiger partial charge is 0.268 e. The summed E-state index contributed by atoms with van der Waals surface area (Å²) in [5.74, 6) is -0.158. The number of hydrogen-bond donors (Lipinski definition) is 2. The van der Waals surface area contributed by atoms with Crippen LogP contribution in [0.4, 0.5) is 0 Å². The number of rotatable bonds is 63. The second-order valence-electron chi connectivity index (χ2n) is 24.5. The van der Waals surface area contributed by atoms with Crippen molar-refractivity contribution in [3.05, 3.63) is 48.6 Å². The number of hydrogen-bond acceptors (Lipinski definition) is 6. The van der Waals surface area contributed by atoms with Gasteiger partial charge in [0.05, 0.1) is 39.9 Å². The predicted molar refractivity (Wildman–Crippen MR) is 339 cm³/mol. The van der Waals surface area contributed by atoms with Crippen LogP contribution in [0.1, 0.15) is 335 Å². The molecule has 2 N–H and O–H groups in total. The van der Waals surface area contributed by atoms with Gasteiger partial charge in [-0.2, -0.15) is 0 Å². The molecule has 0 heterocycles. The van der Waals surface area contributed by atoms with Crippen molar-refractivity contribution >= 4 is 13.7 Å². The topological polar surface area (TPSA) is 108 Å². The molecule has 0 aromatic rings. The minimum atomic E-state index is -4.58. The second kappa shape index (κ2) is 60.1. The van der Waals surface area contributed by atoms with E-state index in [9.17, 15) is 19.4 Å². The highest BCUT2D eigenvalue weighted by Gasteiger charge is 2.24. The number of nitrogens with zero attached hydrogens (tertiary/aromatic N) is 1. The van der Waals surface area contributed by atoms with Gasteiger partial charge in [-0.15, -0.1) is 0 Å². The van der Waals surface area contributed by atoms with Crippen LogP contribution in [0.15, 0.2) is 48.6 Å². The van der Waals surface area contributed by atoms with Crippen LogP contribution in [0.25, 0.3) is 0 Å². The van der Waals surface area contributed by atoms with Crippen molar-refractivity contribution in [2.24, 2.45) is 0 Å². The molecule has 0 fully saturated rings. The van der Waals surface area contributed by atoms with Crippen molar-refractivity contribution in [2.45, 2.75) is 347 Å². The highest BCUT2D eigenvalue weighted by atomic mass is 31.2. The Morgan fingerprint density at radius 2 is 0.782 bits per heavy atom. The van der Waals surface area contributed by atoms with E-state index in [0.29, 0.717) is 23.9 Å². The van der Waals surface area contributed by atoms with Crippen molar-refractivity contribution in [1.29, 1.82) is 0 Å². The Hall–Kier alpha value is -1.54. The lowest BCUT2D eigenvalue weighted by Gasteiger charge is -2.30. The minimum absolute atomic E-state index is 0.0141. The van der Waals surface area contributed by atoms with E-state index in [-0.39, 0.29) is 19.1 Å². The number of unbranched alkanes of at least 4 members (excludes halogenated alkanes) is 42. The summed E-state index contributed by atoms with van der Waals surface area (Å²) < 4.78 is 23.5. The molecule has 0 saturated heterocycles. The van der Waals surface area contributed by atoms with Gasteiger partial charge in [-0.05, 0) is 51.4 Å². The number of aliphatic hydroxyl groups excluding tert-OH is 1. The SMILES string of the molecule is CC/C=C\C/C=C\C/C=C\C/C=C\CCCCCCCCCCCCCCCCCCCCCCCCC(=O)NC(COP(=O)([O-])OCC[N+](C)(C)C)C(O)CCCCCCCCCCCCCCCCCCCCCCC. The van der Waals surface area contributed by atoms with Crippen LogP contribution >= 0.6 is 7.82 Å². The summed E-state index contributed by atoms with van der Waals surface area (Å²) in [5.41, 5.74) is 0. The van der Waals surface area contributed by atoms with Crippen molar-refractivity contribution < 1.29 is 32.9 Å². The number of carbonyl (C=O) groups excluding carboxylic acids is 1. The number of carbonyl (C=O) groups is 1. The zero-order valence-corrected chi connectivity index (χ0v) is 53.5. The van der Waals surface area contributed by atoms with E-state index in [1.165, 1.54) is 244 Å². The molecular weight excluding hydrogens is 984 g/mol. The first-order valence-electron chi connectivity index (χ1n) is 34.0. The van der Waals surface area contributed by atoms with Gasteiger partial charge in [-0.1, -0.05) is 326 Å². The molecule has 0 aliphatic carbocycles.